The molecule has 2 aromatic rings. The van der Waals surface area contributed by atoms with E-state index >= 15 is 0 Å². The first-order chi connectivity index (χ1) is 14.0. The zero-order chi connectivity index (χ0) is 20.4. The van der Waals surface area contributed by atoms with Crippen LogP contribution in [-0.2, 0) is 4.79 Å². The summed E-state index contributed by atoms with van der Waals surface area (Å²) in [5.41, 5.74) is 2.64. The fourth-order valence-corrected chi connectivity index (χ4v) is 4.15. The molecule has 4 rings (SSSR count). The van der Waals surface area contributed by atoms with Gasteiger partial charge in [0, 0.05) is 42.1 Å². The van der Waals surface area contributed by atoms with E-state index in [-0.39, 0.29) is 11.9 Å². The molecule has 0 unspecified atom stereocenters. The maximum absolute atomic E-state index is 12.6. The molecule has 0 radical (unpaired) electrons. The molecule has 0 atom stereocenters. The van der Waals surface area contributed by atoms with Crippen LogP contribution < -0.4 is 10.6 Å². The molecule has 2 heterocycles. The maximum atomic E-state index is 12.6. The molecule has 0 aliphatic carbocycles. The van der Waals surface area contributed by atoms with E-state index in [4.69, 9.17) is 4.99 Å². The van der Waals surface area contributed by atoms with Crippen molar-refractivity contribution in [3.05, 3.63) is 59.7 Å². The number of nitrogens with one attached hydrogen (secondary N) is 2. The monoisotopic (exact) mass is 408 g/mol. The second-order valence-corrected chi connectivity index (χ2v) is 8.34. The van der Waals surface area contributed by atoms with Gasteiger partial charge in [-0.2, -0.15) is 0 Å². The molecule has 29 heavy (non-hydrogen) atoms. The van der Waals surface area contributed by atoms with Gasteiger partial charge >= 0.3 is 6.03 Å². The van der Waals surface area contributed by atoms with Gasteiger partial charge in [-0.05, 0) is 31.4 Å². The molecule has 0 aromatic heterocycles. The molecule has 0 saturated carbocycles. The third kappa shape index (κ3) is 4.15. The number of aliphatic imine (C=N–C) groups is 1. The van der Waals surface area contributed by atoms with Crippen LogP contribution in [0.15, 0.2) is 58.4 Å². The highest BCUT2D eigenvalue weighted by Crippen LogP contribution is 2.29. The SMILES string of the molecule is CSc1cccc(NC(=O)N2CCC3(CC2)N=C(c2ccc(C)cc2)C(=O)N3)c1. The van der Waals surface area contributed by atoms with Crippen molar-refractivity contribution in [1.82, 2.24) is 10.2 Å². The number of aryl methyl sites for hydroxylation is 1. The first-order valence-corrected chi connectivity index (χ1v) is 10.9. The molecular weight excluding hydrogens is 384 g/mol. The Morgan fingerprint density at radius 1 is 1.17 bits per heavy atom. The van der Waals surface area contributed by atoms with Gasteiger partial charge < -0.3 is 15.5 Å². The van der Waals surface area contributed by atoms with Gasteiger partial charge in [0.25, 0.3) is 5.91 Å². The van der Waals surface area contributed by atoms with Gasteiger partial charge in [-0.1, -0.05) is 35.9 Å². The summed E-state index contributed by atoms with van der Waals surface area (Å²) < 4.78 is 0. The first-order valence-electron chi connectivity index (χ1n) is 9.67. The summed E-state index contributed by atoms with van der Waals surface area (Å²) in [6, 6.07) is 15.5. The normalized spacial score (nSPS) is 17.8. The van der Waals surface area contributed by atoms with Crippen molar-refractivity contribution in [2.75, 3.05) is 24.7 Å². The predicted molar refractivity (Wildman–Crippen MR) is 117 cm³/mol. The van der Waals surface area contributed by atoms with E-state index in [0.717, 1.165) is 21.7 Å². The fraction of sp³-hybridized carbons (Fsp3) is 0.318. The molecule has 0 bridgehead atoms. The average molecular weight is 409 g/mol. The van der Waals surface area contributed by atoms with Gasteiger partial charge in [0.2, 0.25) is 0 Å². The van der Waals surface area contributed by atoms with Gasteiger partial charge in [0.1, 0.15) is 11.4 Å². The van der Waals surface area contributed by atoms with Gasteiger partial charge in [0.05, 0.1) is 0 Å². The van der Waals surface area contributed by atoms with Crippen LogP contribution in [0.1, 0.15) is 24.0 Å². The predicted octanol–water partition coefficient (Wildman–Crippen LogP) is 3.66. The smallest absolute Gasteiger partial charge is 0.321 e. The molecule has 2 aliphatic heterocycles. The van der Waals surface area contributed by atoms with Crippen LogP contribution in [0.5, 0.6) is 0 Å². The van der Waals surface area contributed by atoms with Gasteiger partial charge in [0.15, 0.2) is 0 Å². The zero-order valence-electron chi connectivity index (χ0n) is 16.6. The Hall–Kier alpha value is -2.80. The molecular formula is C22H24N4O2S. The lowest BCUT2D eigenvalue weighted by molar-refractivity contribution is -0.115. The third-order valence-electron chi connectivity index (χ3n) is 5.41. The Morgan fingerprint density at radius 2 is 1.90 bits per heavy atom. The number of carbonyl (C=O) groups is 2. The number of hydrogen-bond acceptors (Lipinski definition) is 4. The number of benzene rings is 2. The molecule has 7 heteroatoms. The van der Waals surface area contributed by atoms with Gasteiger partial charge in [-0.15, -0.1) is 11.8 Å². The molecule has 2 aliphatic rings. The fourth-order valence-electron chi connectivity index (χ4n) is 3.69. The quantitative estimate of drug-likeness (QED) is 0.761. The van der Waals surface area contributed by atoms with E-state index in [1.165, 1.54) is 0 Å². The standard InChI is InChI=1S/C22H24N4O2S/c1-15-6-8-16(9-7-15)19-20(27)25-22(24-19)10-12-26(13-11-22)21(28)23-17-4-3-5-18(14-17)29-2/h3-9,14H,10-13H2,1-2H3,(H,23,28)(H,25,27). The molecule has 2 aromatic carbocycles. The molecule has 1 spiro atoms. The summed E-state index contributed by atoms with van der Waals surface area (Å²) in [5, 5.41) is 6.02. The Kier molecular flexibility index (Phi) is 5.32. The Labute approximate surface area is 174 Å². The van der Waals surface area contributed by atoms with Crippen LogP contribution in [0.2, 0.25) is 0 Å². The number of hydrogen-bond donors (Lipinski definition) is 2. The van der Waals surface area contributed by atoms with Gasteiger partial charge in [-0.3, -0.25) is 9.79 Å². The summed E-state index contributed by atoms with van der Waals surface area (Å²) in [6.07, 6.45) is 3.21. The highest BCUT2D eigenvalue weighted by Gasteiger charge is 2.42. The Bertz CT molecular complexity index is 963. The number of rotatable bonds is 3. The average Bonchev–Trinajstić information content (AvgIpc) is 3.04. The number of thioether (sulfide) groups is 1. The molecule has 3 amide bonds. The van der Waals surface area contributed by atoms with E-state index in [0.29, 0.717) is 31.6 Å². The van der Waals surface area contributed by atoms with Crippen molar-refractivity contribution in [3.63, 3.8) is 0 Å². The van der Waals surface area contributed by atoms with Crippen molar-refractivity contribution < 1.29 is 9.59 Å². The van der Waals surface area contributed by atoms with Crippen molar-refractivity contribution in [1.29, 1.82) is 0 Å². The topological polar surface area (TPSA) is 73.8 Å². The summed E-state index contributed by atoms with van der Waals surface area (Å²) >= 11 is 1.64. The Morgan fingerprint density at radius 3 is 2.59 bits per heavy atom. The lowest BCUT2D eigenvalue weighted by Gasteiger charge is -2.37. The van der Waals surface area contributed by atoms with Crippen molar-refractivity contribution in [2.24, 2.45) is 4.99 Å². The van der Waals surface area contributed by atoms with Gasteiger partial charge in [-0.25, -0.2) is 4.79 Å². The molecule has 6 nitrogen and oxygen atoms in total. The second kappa shape index (κ2) is 7.91. The van der Waals surface area contributed by atoms with Crippen LogP contribution in [0.4, 0.5) is 10.5 Å². The Balaban J connectivity index is 1.41. The molecule has 150 valence electrons. The molecule has 1 fully saturated rings. The van der Waals surface area contributed by atoms with E-state index in [2.05, 4.69) is 10.6 Å². The van der Waals surface area contributed by atoms with Crippen LogP contribution in [-0.4, -0.2) is 47.6 Å². The van der Waals surface area contributed by atoms with Crippen molar-refractivity contribution >= 4 is 35.1 Å². The zero-order valence-corrected chi connectivity index (χ0v) is 17.4. The minimum Gasteiger partial charge on any atom is -0.326 e. The van der Waals surface area contributed by atoms with E-state index in [9.17, 15) is 9.59 Å². The number of urea groups is 1. The number of amides is 3. The lowest BCUT2D eigenvalue weighted by atomic mass is 9.98. The second-order valence-electron chi connectivity index (χ2n) is 7.46. The maximum Gasteiger partial charge on any atom is 0.321 e. The van der Waals surface area contributed by atoms with Crippen LogP contribution in [0, 0.1) is 6.92 Å². The highest BCUT2D eigenvalue weighted by molar-refractivity contribution is 7.98. The molecule has 1 saturated heterocycles. The summed E-state index contributed by atoms with van der Waals surface area (Å²) in [7, 11) is 0. The summed E-state index contributed by atoms with van der Waals surface area (Å²) in [4.78, 5) is 32.8. The van der Waals surface area contributed by atoms with Crippen LogP contribution >= 0.6 is 11.8 Å². The minimum atomic E-state index is -0.604. The molecule has 2 N–H and O–H groups in total. The van der Waals surface area contributed by atoms with E-state index in [1.54, 1.807) is 16.7 Å². The summed E-state index contributed by atoms with van der Waals surface area (Å²) in [5.74, 6) is -0.138. The summed E-state index contributed by atoms with van der Waals surface area (Å²) in [6.45, 7) is 3.10. The minimum absolute atomic E-state index is 0.120. The number of piperidine rings is 1. The number of anilines is 1. The number of carbonyl (C=O) groups excluding carboxylic acids is 2. The number of nitrogens with zero attached hydrogens (tertiary/aromatic N) is 2. The largest absolute Gasteiger partial charge is 0.326 e. The van der Waals surface area contributed by atoms with Crippen molar-refractivity contribution in [2.45, 2.75) is 30.3 Å². The van der Waals surface area contributed by atoms with E-state index in [1.807, 2.05) is 61.7 Å². The van der Waals surface area contributed by atoms with E-state index < -0.39 is 5.66 Å². The van der Waals surface area contributed by atoms with Crippen molar-refractivity contribution in [3.8, 4) is 0 Å². The van der Waals surface area contributed by atoms with Crippen LogP contribution in [0.3, 0.4) is 0 Å². The first kappa shape index (κ1) is 19.5. The van der Waals surface area contributed by atoms with Crippen LogP contribution in [0.25, 0.3) is 0 Å². The third-order valence-corrected chi connectivity index (χ3v) is 6.14. The lowest BCUT2D eigenvalue weighted by Crippen LogP contribution is -2.53. The highest BCUT2D eigenvalue weighted by atomic mass is 32.2. The number of likely N-dealkylation sites (tertiary alicyclic amines) is 1.